The highest BCUT2D eigenvalue weighted by molar-refractivity contribution is 6.15. The van der Waals surface area contributed by atoms with Crippen LogP contribution in [0.2, 0.25) is 0 Å². The first-order chi connectivity index (χ1) is 12.3. The molecule has 0 bridgehead atoms. The predicted octanol–water partition coefficient (Wildman–Crippen LogP) is 4.64. The van der Waals surface area contributed by atoms with E-state index in [0.717, 1.165) is 54.0 Å². The van der Waals surface area contributed by atoms with Gasteiger partial charge in [0, 0.05) is 23.3 Å². The fraction of sp³-hybridized carbons (Fsp3) is 0.333. The van der Waals surface area contributed by atoms with E-state index < -0.39 is 0 Å². The third-order valence-electron chi connectivity index (χ3n) is 4.42. The monoisotopic (exact) mass is 336 g/mol. The van der Waals surface area contributed by atoms with Crippen LogP contribution in [0.1, 0.15) is 42.9 Å². The summed E-state index contributed by atoms with van der Waals surface area (Å²) < 4.78 is 11.0. The van der Waals surface area contributed by atoms with Crippen molar-refractivity contribution in [3.05, 3.63) is 59.2 Å². The van der Waals surface area contributed by atoms with E-state index in [0.29, 0.717) is 5.75 Å². The number of ether oxygens (including phenoxy) is 2. The van der Waals surface area contributed by atoms with Gasteiger partial charge in [0.05, 0.1) is 14.2 Å². The zero-order chi connectivity index (χ0) is 17.6. The van der Waals surface area contributed by atoms with Gasteiger partial charge in [0.1, 0.15) is 5.71 Å². The lowest BCUT2D eigenvalue weighted by atomic mass is 9.93. The van der Waals surface area contributed by atoms with Crippen molar-refractivity contribution in [2.24, 2.45) is 10.2 Å². The van der Waals surface area contributed by atoms with Gasteiger partial charge in [0.15, 0.2) is 11.5 Å². The molecule has 1 heterocycles. The summed E-state index contributed by atoms with van der Waals surface area (Å²) in [4.78, 5) is 0. The second kappa shape index (κ2) is 7.97. The number of nitrogens with zero attached hydrogens (tertiary/aromatic N) is 2. The van der Waals surface area contributed by atoms with Gasteiger partial charge in [-0.15, -0.1) is 5.10 Å². The molecule has 130 valence electrons. The average Bonchev–Trinajstić information content (AvgIpc) is 2.84. The van der Waals surface area contributed by atoms with Crippen LogP contribution in [0.5, 0.6) is 11.5 Å². The smallest absolute Gasteiger partial charge is 0.161 e. The second-order valence-corrected chi connectivity index (χ2v) is 6.13. The van der Waals surface area contributed by atoms with Gasteiger partial charge in [-0.25, -0.2) is 0 Å². The van der Waals surface area contributed by atoms with Gasteiger partial charge >= 0.3 is 0 Å². The van der Waals surface area contributed by atoms with E-state index in [1.807, 2.05) is 24.3 Å². The maximum Gasteiger partial charge on any atom is 0.161 e. The lowest BCUT2D eigenvalue weighted by Gasteiger charge is -2.15. The van der Waals surface area contributed by atoms with Crippen LogP contribution >= 0.6 is 0 Å². The van der Waals surface area contributed by atoms with Gasteiger partial charge < -0.3 is 9.47 Å². The van der Waals surface area contributed by atoms with Crippen LogP contribution in [-0.4, -0.2) is 25.6 Å². The Kier molecular flexibility index (Phi) is 5.49. The zero-order valence-corrected chi connectivity index (χ0v) is 15.1. The van der Waals surface area contributed by atoms with Crippen LogP contribution in [0, 0.1) is 0 Å². The summed E-state index contributed by atoms with van der Waals surface area (Å²) in [5, 5.41) is 9.18. The molecule has 4 heteroatoms. The van der Waals surface area contributed by atoms with Crippen molar-refractivity contribution in [2.45, 2.75) is 32.6 Å². The summed E-state index contributed by atoms with van der Waals surface area (Å²) in [5.41, 5.74) is 5.27. The van der Waals surface area contributed by atoms with Gasteiger partial charge in [0.25, 0.3) is 0 Å². The summed E-state index contributed by atoms with van der Waals surface area (Å²) in [7, 11) is 3.32. The molecule has 0 N–H and O–H groups in total. The van der Waals surface area contributed by atoms with Crippen LogP contribution in [-0.2, 0) is 6.42 Å². The molecule has 4 nitrogen and oxygen atoms in total. The van der Waals surface area contributed by atoms with Gasteiger partial charge in [-0.1, -0.05) is 43.7 Å². The molecule has 2 aromatic carbocycles. The summed E-state index contributed by atoms with van der Waals surface area (Å²) in [5.74, 6) is 1.45. The highest BCUT2D eigenvalue weighted by atomic mass is 16.5. The topological polar surface area (TPSA) is 43.2 Å². The number of rotatable bonds is 6. The molecule has 0 radical (unpaired) electrons. The Morgan fingerprint density at radius 3 is 2.36 bits per heavy atom. The molecule has 0 amide bonds. The Morgan fingerprint density at radius 2 is 1.68 bits per heavy atom. The quantitative estimate of drug-likeness (QED) is 0.771. The normalized spacial score (nSPS) is 13.4. The Labute approximate surface area is 149 Å². The predicted molar refractivity (Wildman–Crippen MR) is 102 cm³/mol. The lowest BCUT2D eigenvalue weighted by Crippen LogP contribution is -2.09. The molecule has 0 atom stereocenters. The van der Waals surface area contributed by atoms with Crippen molar-refractivity contribution in [3.63, 3.8) is 0 Å². The third-order valence-corrected chi connectivity index (χ3v) is 4.42. The molecule has 0 aliphatic carbocycles. The van der Waals surface area contributed by atoms with Gasteiger partial charge in [0.2, 0.25) is 0 Å². The van der Waals surface area contributed by atoms with Crippen LogP contribution in [0.4, 0.5) is 0 Å². The van der Waals surface area contributed by atoms with E-state index in [1.54, 1.807) is 14.2 Å². The van der Waals surface area contributed by atoms with Crippen molar-refractivity contribution in [1.29, 1.82) is 0 Å². The van der Waals surface area contributed by atoms with E-state index in [-0.39, 0.29) is 0 Å². The summed E-state index contributed by atoms with van der Waals surface area (Å²) in [6, 6.07) is 14.2. The summed E-state index contributed by atoms with van der Waals surface area (Å²) in [6.45, 7) is 2.19. The fourth-order valence-electron chi connectivity index (χ4n) is 3.05. The number of hydrogen-bond acceptors (Lipinski definition) is 4. The summed E-state index contributed by atoms with van der Waals surface area (Å²) in [6.07, 6.45) is 4.02. The Hall–Kier alpha value is -2.62. The van der Waals surface area contributed by atoms with Gasteiger partial charge in [-0.3, -0.25) is 0 Å². The van der Waals surface area contributed by atoms with Crippen molar-refractivity contribution in [3.8, 4) is 11.5 Å². The Morgan fingerprint density at radius 1 is 0.960 bits per heavy atom. The molecule has 0 spiro atoms. The standard InChI is InChI=1S/C21H24N2O2/c1-4-5-11-17-12-16-13-19(24-2)20(25-3)14-18(16)21(23-22-17)15-9-7-6-8-10-15/h6-10,13-14H,4-5,11-12H2,1-3H3. The highest BCUT2D eigenvalue weighted by Gasteiger charge is 2.20. The molecule has 0 aromatic heterocycles. The van der Waals surface area contributed by atoms with E-state index >= 15 is 0 Å². The van der Waals surface area contributed by atoms with Crippen molar-refractivity contribution >= 4 is 11.4 Å². The fourth-order valence-corrected chi connectivity index (χ4v) is 3.05. The maximum absolute atomic E-state index is 5.50. The minimum atomic E-state index is 0.710. The highest BCUT2D eigenvalue weighted by Crippen LogP contribution is 2.33. The third kappa shape index (κ3) is 3.73. The molecule has 0 fully saturated rings. The van der Waals surface area contributed by atoms with E-state index in [2.05, 4.69) is 35.3 Å². The first kappa shape index (κ1) is 17.2. The first-order valence-corrected chi connectivity index (χ1v) is 8.71. The maximum atomic E-state index is 5.50. The van der Waals surface area contributed by atoms with Crippen LogP contribution in [0.25, 0.3) is 0 Å². The molecule has 1 aliphatic rings. The SMILES string of the molecule is CCCCC1=NN=C(c2ccccc2)c2cc(OC)c(OC)cc2C1. The lowest BCUT2D eigenvalue weighted by molar-refractivity contribution is 0.354. The zero-order valence-electron chi connectivity index (χ0n) is 15.1. The van der Waals surface area contributed by atoms with Gasteiger partial charge in [-0.2, -0.15) is 5.10 Å². The van der Waals surface area contributed by atoms with Crippen molar-refractivity contribution in [1.82, 2.24) is 0 Å². The number of hydrogen-bond donors (Lipinski definition) is 0. The van der Waals surface area contributed by atoms with Crippen molar-refractivity contribution in [2.75, 3.05) is 14.2 Å². The Balaban J connectivity index is 2.13. The number of methoxy groups -OCH3 is 2. The Bertz CT molecular complexity index is 795. The first-order valence-electron chi connectivity index (χ1n) is 8.71. The van der Waals surface area contributed by atoms with E-state index in [1.165, 1.54) is 5.56 Å². The number of unbranched alkanes of at least 4 members (excludes halogenated alkanes) is 1. The molecule has 25 heavy (non-hydrogen) atoms. The molecule has 0 unspecified atom stereocenters. The average molecular weight is 336 g/mol. The molecule has 3 rings (SSSR count). The summed E-state index contributed by atoms with van der Waals surface area (Å²) >= 11 is 0. The molecule has 1 aliphatic heterocycles. The van der Waals surface area contributed by atoms with Crippen LogP contribution in [0.15, 0.2) is 52.7 Å². The molecular formula is C21H24N2O2. The minimum absolute atomic E-state index is 0.710. The molecule has 0 saturated carbocycles. The van der Waals surface area contributed by atoms with Crippen molar-refractivity contribution < 1.29 is 9.47 Å². The van der Waals surface area contributed by atoms with Gasteiger partial charge in [-0.05, 0) is 30.5 Å². The number of benzene rings is 2. The van der Waals surface area contributed by atoms with Crippen LogP contribution < -0.4 is 9.47 Å². The number of fused-ring (bicyclic) bond motifs is 1. The minimum Gasteiger partial charge on any atom is -0.493 e. The molecule has 0 saturated heterocycles. The molecule has 2 aromatic rings. The van der Waals surface area contributed by atoms with Crippen LogP contribution in [0.3, 0.4) is 0 Å². The van der Waals surface area contributed by atoms with E-state index in [4.69, 9.17) is 9.47 Å². The molecular weight excluding hydrogens is 312 g/mol. The second-order valence-electron chi connectivity index (χ2n) is 6.13. The largest absolute Gasteiger partial charge is 0.493 e. The van der Waals surface area contributed by atoms with E-state index in [9.17, 15) is 0 Å².